The van der Waals surface area contributed by atoms with Crippen LogP contribution in [-0.2, 0) is 0 Å². The summed E-state index contributed by atoms with van der Waals surface area (Å²) in [6, 6.07) is 4.68. The molecule has 1 N–H and O–H groups in total. The molecule has 22 heavy (non-hydrogen) atoms. The highest BCUT2D eigenvalue weighted by molar-refractivity contribution is 7.18. The summed E-state index contributed by atoms with van der Waals surface area (Å²) in [7, 11) is 2.17. The van der Waals surface area contributed by atoms with Crippen molar-refractivity contribution in [3.05, 3.63) is 17.1 Å². The molecule has 1 saturated heterocycles. The minimum atomic E-state index is 0.145. The summed E-state index contributed by atoms with van der Waals surface area (Å²) >= 11 is 1.67. The summed E-state index contributed by atoms with van der Waals surface area (Å²) in [4.78, 5) is 12.7. The van der Waals surface area contributed by atoms with Crippen molar-refractivity contribution in [1.29, 1.82) is 0 Å². The molecule has 0 atom stereocenters. The molecule has 2 aromatic heterocycles. The standard InChI is InChI=1S/C17H26N4S/c1-11-18-13-7-8-14(19-15(13)22-11)21(6)12-9-16(2,3)20-17(4,5)10-12/h7-8,12,20H,9-10H2,1-6H3. The highest BCUT2D eigenvalue weighted by Gasteiger charge is 2.39. The van der Waals surface area contributed by atoms with Crippen LogP contribution >= 0.6 is 11.3 Å². The Morgan fingerprint density at radius 3 is 2.41 bits per heavy atom. The van der Waals surface area contributed by atoms with E-state index in [0.29, 0.717) is 6.04 Å². The number of thiazole rings is 1. The summed E-state index contributed by atoms with van der Waals surface area (Å²) in [5.41, 5.74) is 1.29. The largest absolute Gasteiger partial charge is 0.357 e. The lowest BCUT2D eigenvalue weighted by Crippen LogP contribution is -2.62. The van der Waals surface area contributed by atoms with Crippen molar-refractivity contribution in [2.75, 3.05) is 11.9 Å². The van der Waals surface area contributed by atoms with Crippen molar-refractivity contribution in [2.45, 2.75) is 64.6 Å². The molecule has 0 amide bonds. The van der Waals surface area contributed by atoms with E-state index < -0.39 is 0 Å². The molecule has 4 nitrogen and oxygen atoms in total. The first-order chi connectivity index (χ1) is 10.2. The minimum absolute atomic E-state index is 0.145. The Morgan fingerprint density at radius 2 is 1.77 bits per heavy atom. The van der Waals surface area contributed by atoms with Crippen molar-refractivity contribution < 1.29 is 0 Å². The minimum Gasteiger partial charge on any atom is -0.357 e. The van der Waals surface area contributed by atoms with Crippen molar-refractivity contribution in [1.82, 2.24) is 15.3 Å². The molecule has 2 aromatic rings. The van der Waals surface area contributed by atoms with Crippen LogP contribution in [0.25, 0.3) is 10.3 Å². The summed E-state index contributed by atoms with van der Waals surface area (Å²) in [6.07, 6.45) is 2.24. The summed E-state index contributed by atoms with van der Waals surface area (Å²) in [5.74, 6) is 1.05. The van der Waals surface area contributed by atoms with E-state index in [9.17, 15) is 0 Å². The molecular formula is C17H26N4S. The highest BCUT2D eigenvalue weighted by Crippen LogP contribution is 2.33. The van der Waals surface area contributed by atoms with Crippen LogP contribution < -0.4 is 10.2 Å². The molecule has 120 valence electrons. The molecule has 0 aliphatic carbocycles. The molecule has 1 aliphatic heterocycles. The van der Waals surface area contributed by atoms with Gasteiger partial charge < -0.3 is 10.2 Å². The van der Waals surface area contributed by atoms with Gasteiger partial charge in [0, 0.05) is 24.2 Å². The summed E-state index contributed by atoms with van der Waals surface area (Å²) < 4.78 is 0. The smallest absolute Gasteiger partial charge is 0.145 e. The molecule has 0 saturated carbocycles. The second-order valence-electron chi connectivity index (χ2n) is 7.79. The van der Waals surface area contributed by atoms with Crippen LogP contribution in [0.5, 0.6) is 0 Å². The normalized spacial score (nSPS) is 21.2. The zero-order chi connectivity index (χ0) is 16.1. The third kappa shape index (κ3) is 3.10. The van der Waals surface area contributed by atoms with Crippen LogP contribution in [0.1, 0.15) is 45.5 Å². The van der Waals surface area contributed by atoms with Gasteiger partial charge in [0.1, 0.15) is 16.2 Å². The number of rotatable bonds is 2. The van der Waals surface area contributed by atoms with Crippen molar-refractivity contribution in [3.63, 3.8) is 0 Å². The maximum Gasteiger partial charge on any atom is 0.145 e. The van der Waals surface area contributed by atoms with Crippen LogP contribution in [0.15, 0.2) is 12.1 Å². The lowest BCUT2D eigenvalue weighted by molar-refractivity contribution is 0.160. The fourth-order valence-corrected chi connectivity index (χ4v) is 4.62. The number of pyridine rings is 1. The molecule has 0 aromatic carbocycles. The third-order valence-corrected chi connectivity index (χ3v) is 5.31. The van der Waals surface area contributed by atoms with Crippen LogP contribution in [0, 0.1) is 6.92 Å². The first-order valence-corrected chi connectivity index (χ1v) is 8.73. The number of nitrogens with zero attached hydrogens (tertiary/aromatic N) is 3. The Balaban J connectivity index is 1.89. The molecule has 1 fully saturated rings. The summed E-state index contributed by atoms with van der Waals surface area (Å²) in [6.45, 7) is 11.2. The molecule has 0 unspecified atom stereocenters. The maximum atomic E-state index is 4.83. The molecule has 0 radical (unpaired) electrons. The van der Waals surface area contributed by atoms with Crippen molar-refractivity contribution in [2.24, 2.45) is 0 Å². The summed E-state index contributed by atoms with van der Waals surface area (Å²) in [5, 5.41) is 4.82. The Morgan fingerprint density at radius 1 is 1.14 bits per heavy atom. The van der Waals surface area contributed by atoms with E-state index in [4.69, 9.17) is 4.98 Å². The van der Waals surface area contributed by atoms with E-state index in [1.807, 2.05) is 6.92 Å². The predicted molar refractivity (Wildman–Crippen MR) is 94.9 cm³/mol. The number of piperidine rings is 1. The lowest BCUT2D eigenvalue weighted by atomic mass is 9.79. The van der Waals surface area contributed by atoms with E-state index in [1.54, 1.807) is 11.3 Å². The number of anilines is 1. The maximum absolute atomic E-state index is 4.83. The molecule has 3 heterocycles. The fraction of sp³-hybridized carbons (Fsp3) is 0.647. The SMILES string of the molecule is Cc1nc2ccc(N(C)C3CC(C)(C)NC(C)(C)C3)nc2s1. The van der Waals surface area contributed by atoms with E-state index >= 15 is 0 Å². The number of hydrogen-bond donors (Lipinski definition) is 1. The van der Waals surface area contributed by atoms with E-state index in [2.05, 4.69) is 62.1 Å². The zero-order valence-corrected chi connectivity index (χ0v) is 15.2. The Labute approximate surface area is 137 Å². The quantitative estimate of drug-likeness (QED) is 0.915. The second-order valence-corrected chi connectivity index (χ2v) is 8.97. The number of aryl methyl sites for hydroxylation is 1. The van der Waals surface area contributed by atoms with Gasteiger partial charge in [-0.25, -0.2) is 9.97 Å². The monoisotopic (exact) mass is 318 g/mol. The van der Waals surface area contributed by atoms with Crippen LogP contribution in [-0.4, -0.2) is 34.1 Å². The first-order valence-electron chi connectivity index (χ1n) is 7.92. The van der Waals surface area contributed by atoms with Gasteiger partial charge in [0.25, 0.3) is 0 Å². The average Bonchev–Trinajstić information content (AvgIpc) is 2.73. The van der Waals surface area contributed by atoms with Gasteiger partial charge in [-0.2, -0.15) is 0 Å². The van der Waals surface area contributed by atoms with E-state index in [0.717, 1.165) is 34.0 Å². The Hall–Kier alpha value is -1.20. The average molecular weight is 318 g/mol. The molecule has 5 heteroatoms. The zero-order valence-electron chi connectivity index (χ0n) is 14.4. The number of aromatic nitrogens is 2. The highest BCUT2D eigenvalue weighted by atomic mass is 32.1. The molecule has 3 rings (SSSR count). The lowest BCUT2D eigenvalue weighted by Gasteiger charge is -2.49. The van der Waals surface area contributed by atoms with E-state index in [1.165, 1.54) is 0 Å². The topological polar surface area (TPSA) is 41.1 Å². The number of hydrogen-bond acceptors (Lipinski definition) is 5. The second kappa shape index (κ2) is 5.17. The van der Waals surface area contributed by atoms with Crippen molar-refractivity contribution >= 4 is 27.5 Å². The van der Waals surface area contributed by atoms with Crippen LogP contribution in [0.3, 0.4) is 0 Å². The van der Waals surface area contributed by atoms with Crippen LogP contribution in [0.4, 0.5) is 5.82 Å². The van der Waals surface area contributed by atoms with Gasteiger partial charge in [-0.3, -0.25) is 0 Å². The van der Waals surface area contributed by atoms with Gasteiger partial charge in [-0.15, -0.1) is 0 Å². The predicted octanol–water partition coefficient (Wildman–Crippen LogP) is 3.75. The molecule has 0 spiro atoms. The first kappa shape index (κ1) is 15.7. The Kier molecular flexibility index (Phi) is 3.68. The third-order valence-electron chi connectivity index (χ3n) is 4.43. The van der Waals surface area contributed by atoms with Gasteiger partial charge in [-0.1, -0.05) is 11.3 Å². The van der Waals surface area contributed by atoms with Gasteiger partial charge in [0.05, 0.1) is 5.01 Å². The molecule has 1 aliphatic rings. The Bertz CT molecular complexity index is 673. The van der Waals surface area contributed by atoms with E-state index in [-0.39, 0.29) is 11.1 Å². The fourth-order valence-electron chi connectivity index (χ4n) is 3.84. The van der Waals surface area contributed by atoms with Gasteiger partial charge in [0.15, 0.2) is 0 Å². The van der Waals surface area contributed by atoms with Gasteiger partial charge in [-0.05, 0) is 59.6 Å². The van der Waals surface area contributed by atoms with Gasteiger partial charge >= 0.3 is 0 Å². The number of fused-ring (bicyclic) bond motifs is 1. The number of nitrogens with one attached hydrogen (secondary N) is 1. The van der Waals surface area contributed by atoms with Crippen LogP contribution in [0.2, 0.25) is 0 Å². The van der Waals surface area contributed by atoms with Crippen molar-refractivity contribution in [3.8, 4) is 0 Å². The molecular weight excluding hydrogens is 292 g/mol. The molecule has 0 bridgehead atoms. The van der Waals surface area contributed by atoms with Gasteiger partial charge in [0.2, 0.25) is 0 Å².